The Kier molecular flexibility index (Phi) is 43.5. The number of nitrogens with zero attached hydrogens (tertiary/aromatic N) is 17. The first-order chi connectivity index (χ1) is 68.2. The summed E-state index contributed by atoms with van der Waals surface area (Å²) in [5.74, 6) is -0.354. The molecule has 0 bridgehead atoms. The predicted octanol–water partition coefficient (Wildman–Crippen LogP) is 14.8. The minimum Gasteiger partial charge on any atom is -0.481 e. The lowest BCUT2D eigenvalue weighted by Crippen LogP contribution is -2.34. The molecule has 0 atom stereocenters. The van der Waals surface area contributed by atoms with E-state index in [2.05, 4.69) is 115 Å². The van der Waals surface area contributed by atoms with Crippen LogP contribution in [0.5, 0.6) is 0 Å². The molecule has 47 heteroatoms. The number of alkyl carbamates (subject to hydrolysis) is 2. The fraction of sp³-hybridized carbons (Fsp3) is 0.227. The maximum atomic E-state index is 12.0. The van der Waals surface area contributed by atoms with Gasteiger partial charge in [0.25, 0.3) is 0 Å². The third-order valence-corrected chi connectivity index (χ3v) is 19.8. The Labute approximate surface area is 849 Å². The summed E-state index contributed by atoms with van der Waals surface area (Å²) in [6.45, 7) is 11.3. The maximum Gasteiger partial charge on any atom is 0.491 e. The molecule has 0 saturated heterocycles. The van der Waals surface area contributed by atoms with Gasteiger partial charge in [0, 0.05) is 218 Å². The van der Waals surface area contributed by atoms with Gasteiger partial charge in [-0.3, -0.25) is 63.3 Å². The number of nitriles is 2. The predicted molar refractivity (Wildman–Crippen MR) is 547 cm³/mol. The number of ketones is 1. The number of nitrogens with two attached hydrogens (primary N) is 3. The monoisotopic (exact) mass is 2110 g/mol. The molecule has 750 valence electrons. The second-order valence-corrected chi connectivity index (χ2v) is 34.5. The van der Waals surface area contributed by atoms with Crippen molar-refractivity contribution in [2.45, 2.75) is 84.8 Å². The average Bonchev–Trinajstić information content (AvgIpc) is 1.69. The summed E-state index contributed by atoms with van der Waals surface area (Å²) in [5.41, 5.74) is 32.6. The quantitative estimate of drug-likeness (QED) is 0.00787. The molecule has 15 N–H and O–H groups in total. The molecule has 0 unspecified atom stereocenters. The van der Waals surface area contributed by atoms with Crippen molar-refractivity contribution in [2.75, 3.05) is 53.6 Å². The zero-order chi connectivity index (χ0) is 104. The number of carbonyl (C=O) groups is 7. The number of aryl methyl sites for hydroxylation is 5. The van der Waals surface area contributed by atoms with Crippen LogP contribution >= 0.6 is 44.3 Å². The number of carboxylic acids is 1. The summed E-state index contributed by atoms with van der Waals surface area (Å²) in [6.07, 6.45) is 19.0. The fourth-order valence-electron chi connectivity index (χ4n) is 12.0. The largest absolute Gasteiger partial charge is 0.491 e. The molecule has 0 fully saturated rings. The van der Waals surface area contributed by atoms with Gasteiger partial charge in [-0.1, -0.05) is 179 Å². The molecule has 10 aromatic heterocycles. The second kappa shape index (κ2) is 55.8. The topological polar surface area (TPSA) is 616 Å². The number of aromatic nitrogens is 15. The number of rotatable bonds is 26. The summed E-state index contributed by atoms with van der Waals surface area (Å²) in [5, 5.41) is 97.1. The first-order valence-electron chi connectivity index (χ1n) is 43.6. The van der Waals surface area contributed by atoms with Crippen molar-refractivity contribution in [3.63, 3.8) is 0 Å². The number of aliphatic carboxylic acids is 1. The van der Waals surface area contributed by atoms with Crippen molar-refractivity contribution >= 4 is 128 Å². The van der Waals surface area contributed by atoms with Gasteiger partial charge in [-0.2, -0.15) is 36.0 Å². The minimum atomic E-state index is -1.40. The molecule has 10 heterocycles. The molecular weight excluding hydrogens is 2010 g/mol. The van der Waals surface area contributed by atoms with Crippen LogP contribution in [0.3, 0.4) is 0 Å². The molecule has 5 amide bonds. The summed E-state index contributed by atoms with van der Waals surface area (Å²) >= 11 is 6.61. The van der Waals surface area contributed by atoms with Gasteiger partial charge >= 0.3 is 25.3 Å². The smallest absolute Gasteiger partial charge is 0.481 e. The lowest BCUT2D eigenvalue weighted by molar-refractivity contribution is -0.137. The Bertz CT molecular complexity index is 6800. The Morgan fingerprint density at radius 3 is 0.972 bits per heavy atom. The Balaban J connectivity index is 0.000000206. The van der Waals surface area contributed by atoms with Gasteiger partial charge in [0.2, 0.25) is 47.1 Å². The van der Waals surface area contributed by atoms with Crippen LogP contribution in [0.1, 0.15) is 84.0 Å². The van der Waals surface area contributed by atoms with E-state index in [-0.39, 0.29) is 99.4 Å². The van der Waals surface area contributed by atoms with Gasteiger partial charge in [-0.25, -0.2) is 9.59 Å². The zero-order valence-corrected chi connectivity index (χ0v) is 84.0. The highest BCUT2D eigenvalue weighted by Gasteiger charge is 2.21. The zero-order valence-electron chi connectivity index (χ0n) is 80.0. The van der Waals surface area contributed by atoms with E-state index in [0.717, 1.165) is 92.7 Å². The lowest BCUT2D eigenvalue weighted by Gasteiger charge is -2.19. The number of hydrogen-bond acceptors (Lipinski definition) is 32. The number of ether oxygens (including phenoxy) is 2. The van der Waals surface area contributed by atoms with Crippen molar-refractivity contribution < 1.29 is 80.8 Å². The van der Waals surface area contributed by atoms with Crippen LogP contribution in [0.25, 0.3) is 101 Å². The standard InChI is InChI=1S/C21H25N5O4.C17H16N6O2.C16H17N5O2.C13H12N4O.C9H7BrN2O.C9H6BrNO.C8H15NO4.C4H7BN2O2.ClH/c1-21(2,3)29-20(28)22-10-9-18(27)24-19-11-17(25-30-19)15-7-5-14(6-8-15)16-12-23-26(4)13-16;1-23-10-14(9-20-23)12-2-4-13(5-3-12)15-8-17(25-22-15)21-16(24)6-7-19-11-18;1-21-10-13(9-18-21)11-2-4-12(5-3-11)14-8-16(23-20-14)19-15(22)6-7-17;1-17-8-11(7-15-17)9-2-4-10(5-3-9)12-6-13(14)18-16-12;10-7-3-1-6(2-4-7)8-5-9(11)13-12-8;10-8-3-1-7(2-4-8)9(12)5-6-11;1-8(2,3)13-7(12)9-5-4-6(10)11;1-7-3-4(2-6-7)5(8)9;/h5-8,11-13H,9-10H2,1-4H3,(H,22,28)(H,24,27);2-5,8-10,19H,6-7H2,1H3,(H,21,24);2-5,8-10H,6-7,17H2,1H3,(H,19,22);2-8H,14H2,1H3;1-5H,11H2;1-4H,5H2;4-5H2,1-3H3,(H,9,12)(H,10,11);2-3,8-9H,1H3;1H. The van der Waals surface area contributed by atoms with Crippen LogP contribution in [0.4, 0.5) is 39.0 Å². The average molecular weight is 2110 g/mol. The number of Topliss-reactive ketones (excluding diaryl/α,β-unsaturated/α-hetero) is 1. The van der Waals surface area contributed by atoms with E-state index in [1.165, 1.54) is 10.9 Å². The SMILES string of the molecule is CC(C)(C)OC(=O)NCCC(=O)O.Cl.Cn1cc(-c2ccc(-c3cc(N)on3)cc2)cn1.Cn1cc(-c2ccc(-c3cc(NC(=O)CCN)on3)cc2)cn1.Cn1cc(-c2ccc(-c3cc(NC(=O)CCNC#N)on3)cc2)cn1.Cn1cc(-c2ccc(-c3cc(NC(=O)CCNC(=O)OC(C)(C)C)on3)cc2)cn1.Cn1cc(B(O)O)cn1.N#CCC(=O)c1ccc(Br)cc1.Nc1cc(-c2ccc(Br)cc2)no1. The van der Waals surface area contributed by atoms with Crippen molar-refractivity contribution in [1.82, 2.24) is 90.6 Å². The molecule has 0 saturated carbocycles. The summed E-state index contributed by atoms with van der Waals surface area (Å²) < 4.78 is 45.6. The van der Waals surface area contributed by atoms with Crippen molar-refractivity contribution in [1.29, 1.82) is 10.5 Å². The third kappa shape index (κ3) is 39.0. The van der Waals surface area contributed by atoms with Gasteiger partial charge in [-0.15, -0.1) is 12.4 Å². The molecule has 0 radical (unpaired) electrons. The van der Waals surface area contributed by atoms with Crippen molar-refractivity contribution in [2.24, 2.45) is 41.0 Å². The van der Waals surface area contributed by atoms with Gasteiger partial charge in [0.05, 0.1) is 43.7 Å². The third-order valence-electron chi connectivity index (χ3n) is 18.8. The number of hydrogen-bond donors (Lipinski definition) is 12. The van der Waals surface area contributed by atoms with E-state index in [1.54, 1.807) is 147 Å². The Morgan fingerprint density at radius 1 is 0.410 bits per heavy atom. The molecule has 0 aliphatic carbocycles. The molecule has 0 aliphatic heterocycles. The van der Waals surface area contributed by atoms with Crippen LogP contribution in [-0.4, -0.2) is 176 Å². The van der Waals surface area contributed by atoms with E-state index < -0.39 is 36.5 Å². The molecule has 0 spiro atoms. The molecular formula is C97H106BBr2ClN26O17. The number of carboxylic acid groups (broad SMARTS) is 1. The van der Waals surface area contributed by atoms with Crippen LogP contribution < -0.4 is 54.6 Å². The molecule has 43 nitrogen and oxygen atoms in total. The second-order valence-electron chi connectivity index (χ2n) is 32.7. The number of benzene rings is 6. The van der Waals surface area contributed by atoms with Crippen LogP contribution in [-0.2, 0) is 63.9 Å². The number of carbonyl (C=O) groups excluding carboxylic acids is 6. The first-order valence-corrected chi connectivity index (χ1v) is 45.2. The lowest BCUT2D eigenvalue weighted by atomic mass is 9.83. The van der Waals surface area contributed by atoms with Gasteiger partial charge in [0.15, 0.2) is 12.0 Å². The normalized spacial score (nSPS) is 10.4. The van der Waals surface area contributed by atoms with Crippen molar-refractivity contribution in [3.05, 3.63) is 252 Å². The highest BCUT2D eigenvalue weighted by atomic mass is 79.9. The molecule has 0 aliphatic rings. The van der Waals surface area contributed by atoms with Crippen LogP contribution in [0.2, 0.25) is 0 Å². The van der Waals surface area contributed by atoms with Gasteiger partial charge in [-0.05, 0) is 88.1 Å². The van der Waals surface area contributed by atoms with Gasteiger partial charge in [0.1, 0.15) is 39.7 Å². The van der Waals surface area contributed by atoms with Crippen LogP contribution in [0.15, 0.2) is 269 Å². The van der Waals surface area contributed by atoms with E-state index >= 15 is 0 Å². The summed E-state index contributed by atoms with van der Waals surface area (Å²) in [4.78, 5) is 78.9. The maximum absolute atomic E-state index is 12.0. The number of amides is 5. The van der Waals surface area contributed by atoms with Crippen molar-refractivity contribution in [3.8, 4) is 113 Å². The van der Waals surface area contributed by atoms with E-state index in [1.807, 2.05) is 193 Å². The van der Waals surface area contributed by atoms with Crippen LogP contribution in [0, 0.1) is 22.8 Å². The van der Waals surface area contributed by atoms with E-state index in [9.17, 15) is 33.6 Å². The molecule has 16 aromatic rings. The highest BCUT2D eigenvalue weighted by molar-refractivity contribution is 9.10. The molecule has 16 rings (SSSR count). The number of anilines is 5. The first kappa shape index (κ1) is 112. The minimum absolute atomic E-state index is 0. The van der Waals surface area contributed by atoms with E-state index in [4.69, 9.17) is 75.0 Å². The summed E-state index contributed by atoms with van der Waals surface area (Å²) in [6, 6.07) is 56.5. The number of halogens is 3. The fourth-order valence-corrected chi connectivity index (χ4v) is 12.5. The number of nitrogens with one attached hydrogen (secondary N) is 6. The Hall–Kier alpha value is -16.9. The van der Waals surface area contributed by atoms with Gasteiger partial charge < -0.3 is 80.4 Å². The number of nitrogen functional groups attached to an aromatic ring is 2. The Morgan fingerprint density at radius 2 is 0.701 bits per heavy atom. The highest BCUT2D eigenvalue weighted by Crippen LogP contribution is 2.32. The molecule has 144 heavy (non-hydrogen) atoms. The summed E-state index contributed by atoms with van der Waals surface area (Å²) in [7, 11) is 7.84. The molecule has 6 aromatic carbocycles. The van der Waals surface area contributed by atoms with E-state index in [0.29, 0.717) is 52.3 Å².